The molecule has 30 heavy (non-hydrogen) atoms. The normalized spacial score (nSPS) is 10.4. The van der Waals surface area contributed by atoms with E-state index in [9.17, 15) is 4.79 Å². The second-order valence-electron chi connectivity index (χ2n) is 6.72. The summed E-state index contributed by atoms with van der Waals surface area (Å²) in [6, 6.07) is 28.3. The van der Waals surface area contributed by atoms with Crippen LogP contribution < -0.4 is 20.9 Å². The molecule has 0 heterocycles. The Morgan fingerprint density at radius 2 is 1.00 bits per heavy atom. The monoisotopic (exact) mass is 396 g/mol. The fourth-order valence-corrected chi connectivity index (χ4v) is 2.89. The van der Waals surface area contributed by atoms with Gasteiger partial charge in [0.25, 0.3) is 0 Å². The van der Waals surface area contributed by atoms with Gasteiger partial charge in [0.05, 0.1) is 0 Å². The molecule has 0 spiro atoms. The molecular weight excluding hydrogens is 376 g/mol. The van der Waals surface area contributed by atoms with E-state index in [1.165, 1.54) is 0 Å². The molecule has 4 N–H and O–H groups in total. The van der Waals surface area contributed by atoms with Crippen LogP contribution in [0.4, 0.5) is 11.4 Å². The van der Waals surface area contributed by atoms with E-state index in [4.69, 9.17) is 20.9 Å². The maximum Gasteiger partial charge on any atom is 0.193 e. The van der Waals surface area contributed by atoms with Crippen molar-refractivity contribution in [3.8, 4) is 23.0 Å². The predicted octanol–water partition coefficient (Wildman–Crippen LogP) is 5.67. The number of hydrogen-bond donors (Lipinski definition) is 2. The molecule has 0 unspecified atom stereocenters. The van der Waals surface area contributed by atoms with Crippen molar-refractivity contribution in [2.24, 2.45) is 0 Å². The summed E-state index contributed by atoms with van der Waals surface area (Å²) < 4.78 is 11.6. The number of nitrogen functional groups attached to an aromatic ring is 2. The zero-order valence-corrected chi connectivity index (χ0v) is 16.1. The Kier molecular flexibility index (Phi) is 5.35. The van der Waals surface area contributed by atoms with Gasteiger partial charge in [-0.2, -0.15) is 0 Å². The molecule has 0 atom stereocenters. The first kappa shape index (κ1) is 19.1. The first-order valence-electron chi connectivity index (χ1n) is 9.38. The highest BCUT2D eigenvalue weighted by Gasteiger charge is 2.11. The van der Waals surface area contributed by atoms with E-state index in [-0.39, 0.29) is 5.78 Å². The second kappa shape index (κ2) is 8.41. The topological polar surface area (TPSA) is 87.6 Å². The predicted molar refractivity (Wildman–Crippen MR) is 118 cm³/mol. The molecule has 0 aliphatic rings. The van der Waals surface area contributed by atoms with Crippen LogP contribution in [0.25, 0.3) is 0 Å². The quantitative estimate of drug-likeness (QED) is 0.324. The Balaban J connectivity index is 1.47. The summed E-state index contributed by atoms with van der Waals surface area (Å²) in [7, 11) is 0. The Morgan fingerprint density at radius 1 is 0.533 bits per heavy atom. The number of anilines is 2. The highest BCUT2D eigenvalue weighted by Crippen LogP contribution is 2.26. The molecule has 0 amide bonds. The minimum absolute atomic E-state index is 0.100. The molecule has 0 aromatic heterocycles. The van der Waals surface area contributed by atoms with Crippen molar-refractivity contribution >= 4 is 17.2 Å². The first-order chi connectivity index (χ1) is 14.6. The standard InChI is InChI=1S/C25H20N2O3/c26-19-6-12-22(13-7-19)29-21-10-4-17(5-11-21)25(28)18-2-1-3-24(16-18)30-23-14-8-20(27)9-15-23/h1-16H,26-27H2. The smallest absolute Gasteiger partial charge is 0.193 e. The highest BCUT2D eigenvalue weighted by molar-refractivity contribution is 6.09. The van der Waals surface area contributed by atoms with Gasteiger partial charge in [0.15, 0.2) is 5.78 Å². The Bertz CT molecular complexity index is 1150. The van der Waals surface area contributed by atoms with Crippen LogP contribution in [0.2, 0.25) is 0 Å². The molecule has 0 aliphatic heterocycles. The number of carbonyl (C=O) groups excluding carboxylic acids is 1. The van der Waals surface area contributed by atoms with Gasteiger partial charge in [-0.3, -0.25) is 4.79 Å². The third kappa shape index (κ3) is 4.59. The van der Waals surface area contributed by atoms with E-state index in [1.54, 1.807) is 97.1 Å². The highest BCUT2D eigenvalue weighted by atomic mass is 16.5. The fraction of sp³-hybridized carbons (Fsp3) is 0. The lowest BCUT2D eigenvalue weighted by Crippen LogP contribution is -2.01. The zero-order valence-electron chi connectivity index (χ0n) is 16.1. The van der Waals surface area contributed by atoms with E-state index in [0.29, 0.717) is 45.5 Å². The summed E-state index contributed by atoms with van der Waals surface area (Å²) in [5, 5.41) is 0. The van der Waals surface area contributed by atoms with Gasteiger partial charge in [0.1, 0.15) is 23.0 Å². The second-order valence-corrected chi connectivity index (χ2v) is 6.72. The van der Waals surface area contributed by atoms with Crippen LogP contribution in [0.5, 0.6) is 23.0 Å². The lowest BCUT2D eigenvalue weighted by molar-refractivity contribution is 0.103. The molecular formula is C25H20N2O3. The number of carbonyl (C=O) groups is 1. The van der Waals surface area contributed by atoms with Crippen LogP contribution in [-0.2, 0) is 0 Å². The summed E-state index contributed by atoms with van der Waals surface area (Å²) in [6.45, 7) is 0. The minimum atomic E-state index is -0.100. The number of rotatable bonds is 6. The van der Waals surface area contributed by atoms with E-state index >= 15 is 0 Å². The third-order valence-corrected chi connectivity index (χ3v) is 4.44. The number of hydrogen-bond acceptors (Lipinski definition) is 5. The van der Waals surface area contributed by atoms with Gasteiger partial charge >= 0.3 is 0 Å². The molecule has 0 bridgehead atoms. The molecule has 5 nitrogen and oxygen atoms in total. The van der Waals surface area contributed by atoms with E-state index in [2.05, 4.69) is 0 Å². The molecule has 0 saturated heterocycles. The minimum Gasteiger partial charge on any atom is -0.457 e. The molecule has 0 aliphatic carbocycles. The number of benzene rings is 4. The first-order valence-corrected chi connectivity index (χ1v) is 9.38. The summed E-state index contributed by atoms with van der Waals surface area (Å²) in [5.41, 5.74) is 13.8. The molecule has 4 aromatic rings. The van der Waals surface area contributed by atoms with Crippen LogP contribution in [0.15, 0.2) is 97.1 Å². The third-order valence-electron chi connectivity index (χ3n) is 4.44. The largest absolute Gasteiger partial charge is 0.457 e. The zero-order chi connectivity index (χ0) is 20.9. The number of nitrogens with two attached hydrogens (primary N) is 2. The van der Waals surface area contributed by atoms with Gasteiger partial charge < -0.3 is 20.9 Å². The number of ketones is 1. The fourth-order valence-electron chi connectivity index (χ4n) is 2.89. The summed E-state index contributed by atoms with van der Waals surface area (Å²) in [4.78, 5) is 12.9. The average Bonchev–Trinajstić information content (AvgIpc) is 2.77. The maximum absolute atomic E-state index is 12.9. The van der Waals surface area contributed by atoms with E-state index in [1.807, 2.05) is 0 Å². The van der Waals surface area contributed by atoms with Crippen molar-refractivity contribution in [3.05, 3.63) is 108 Å². The summed E-state index contributed by atoms with van der Waals surface area (Å²) >= 11 is 0. The van der Waals surface area contributed by atoms with Crippen molar-refractivity contribution < 1.29 is 14.3 Å². The SMILES string of the molecule is Nc1ccc(Oc2ccc(C(=O)c3cccc(Oc4ccc(N)cc4)c3)cc2)cc1. The van der Waals surface area contributed by atoms with Crippen molar-refractivity contribution in [1.82, 2.24) is 0 Å². The Labute approximate surface area is 174 Å². The van der Waals surface area contributed by atoms with E-state index in [0.717, 1.165) is 0 Å². The van der Waals surface area contributed by atoms with Gasteiger partial charge in [-0.05, 0) is 84.9 Å². The lowest BCUT2D eigenvalue weighted by Gasteiger charge is -2.09. The molecule has 5 heteroatoms. The van der Waals surface area contributed by atoms with Crippen LogP contribution in [-0.4, -0.2) is 5.78 Å². The van der Waals surface area contributed by atoms with Crippen LogP contribution in [0, 0.1) is 0 Å². The summed E-state index contributed by atoms with van der Waals surface area (Å²) in [5.74, 6) is 2.44. The molecule has 4 rings (SSSR count). The summed E-state index contributed by atoms with van der Waals surface area (Å²) in [6.07, 6.45) is 0. The van der Waals surface area contributed by atoms with Gasteiger partial charge in [0.2, 0.25) is 0 Å². The van der Waals surface area contributed by atoms with Crippen molar-refractivity contribution in [2.75, 3.05) is 11.5 Å². The average molecular weight is 396 g/mol. The van der Waals surface area contributed by atoms with Crippen LogP contribution in [0.1, 0.15) is 15.9 Å². The van der Waals surface area contributed by atoms with Gasteiger partial charge in [-0.15, -0.1) is 0 Å². The van der Waals surface area contributed by atoms with E-state index < -0.39 is 0 Å². The van der Waals surface area contributed by atoms with Crippen LogP contribution in [0.3, 0.4) is 0 Å². The Hall–Kier alpha value is -4.25. The molecule has 148 valence electrons. The Morgan fingerprint density at radius 3 is 1.53 bits per heavy atom. The van der Waals surface area contributed by atoms with Gasteiger partial charge in [-0.1, -0.05) is 12.1 Å². The van der Waals surface area contributed by atoms with Crippen molar-refractivity contribution in [3.63, 3.8) is 0 Å². The molecule has 0 saturated carbocycles. The van der Waals surface area contributed by atoms with Crippen molar-refractivity contribution in [2.45, 2.75) is 0 Å². The van der Waals surface area contributed by atoms with Gasteiger partial charge in [-0.25, -0.2) is 0 Å². The van der Waals surface area contributed by atoms with Crippen LogP contribution >= 0.6 is 0 Å². The number of ether oxygens (including phenoxy) is 2. The molecule has 0 radical (unpaired) electrons. The maximum atomic E-state index is 12.9. The lowest BCUT2D eigenvalue weighted by atomic mass is 10.0. The van der Waals surface area contributed by atoms with Gasteiger partial charge in [0, 0.05) is 22.5 Å². The molecule has 0 fully saturated rings. The van der Waals surface area contributed by atoms with Crippen molar-refractivity contribution in [1.29, 1.82) is 0 Å². The molecule has 4 aromatic carbocycles.